The summed E-state index contributed by atoms with van der Waals surface area (Å²) in [4.78, 5) is 0. The average molecular weight is 297 g/mol. The topological polar surface area (TPSA) is 47.3 Å². The molecule has 1 fully saturated rings. The molecule has 1 aliphatic carbocycles. The highest BCUT2D eigenvalue weighted by Crippen LogP contribution is 2.40. The molecule has 1 aromatic carbocycles. The largest absolute Gasteiger partial charge is 0.496 e. The van der Waals surface area contributed by atoms with Gasteiger partial charge in [-0.25, -0.2) is 0 Å². The maximum atomic E-state index is 6.04. The van der Waals surface area contributed by atoms with E-state index < -0.39 is 0 Å². The molecule has 0 saturated heterocycles. The normalized spacial score (nSPS) is 24.4. The molecule has 0 radical (unpaired) electrons. The van der Waals surface area contributed by atoms with E-state index in [1.165, 1.54) is 32.1 Å². The minimum absolute atomic E-state index is 0.139. The summed E-state index contributed by atoms with van der Waals surface area (Å²) in [7, 11) is 1.68. The maximum Gasteiger partial charge on any atom is 0.125 e. The quantitative estimate of drug-likeness (QED) is 0.636. The summed E-state index contributed by atoms with van der Waals surface area (Å²) in [6.45, 7) is 2.28. The summed E-state index contributed by atoms with van der Waals surface area (Å²) in [5.74, 6) is 8.10. The minimum Gasteiger partial charge on any atom is -0.496 e. The second-order valence-corrected chi connectivity index (χ2v) is 6.16. The lowest BCUT2D eigenvalue weighted by molar-refractivity contribution is 0.216. The van der Waals surface area contributed by atoms with Gasteiger partial charge < -0.3 is 4.74 Å². The van der Waals surface area contributed by atoms with Crippen molar-refractivity contribution in [2.24, 2.45) is 17.7 Å². The average Bonchev–Trinajstić information content (AvgIpc) is 2.50. The molecule has 20 heavy (non-hydrogen) atoms. The van der Waals surface area contributed by atoms with Crippen molar-refractivity contribution in [1.82, 2.24) is 5.43 Å². The second kappa shape index (κ2) is 7.30. The summed E-state index contributed by atoms with van der Waals surface area (Å²) in [5.41, 5.74) is 4.10. The first-order chi connectivity index (χ1) is 9.69. The molecule has 1 unspecified atom stereocenters. The van der Waals surface area contributed by atoms with E-state index in [0.717, 1.165) is 17.2 Å². The van der Waals surface area contributed by atoms with E-state index >= 15 is 0 Å². The summed E-state index contributed by atoms with van der Waals surface area (Å²) in [6.07, 6.45) is 6.33. The molecule has 0 aliphatic heterocycles. The second-order valence-electron chi connectivity index (χ2n) is 5.72. The minimum atomic E-state index is 0.139. The van der Waals surface area contributed by atoms with Gasteiger partial charge in [-0.3, -0.25) is 11.3 Å². The number of ether oxygens (including phenoxy) is 1. The summed E-state index contributed by atoms with van der Waals surface area (Å²) >= 11 is 6.04. The molecular formula is C16H25ClN2O. The van der Waals surface area contributed by atoms with E-state index in [1.807, 2.05) is 18.2 Å². The van der Waals surface area contributed by atoms with Gasteiger partial charge in [0.2, 0.25) is 0 Å². The Morgan fingerprint density at radius 2 is 2.05 bits per heavy atom. The van der Waals surface area contributed by atoms with Gasteiger partial charge in [0, 0.05) is 10.6 Å². The zero-order chi connectivity index (χ0) is 14.5. The van der Waals surface area contributed by atoms with E-state index in [9.17, 15) is 0 Å². The third-order valence-corrected chi connectivity index (χ3v) is 4.89. The Hall–Kier alpha value is -0.770. The number of halogens is 1. The van der Waals surface area contributed by atoms with Crippen molar-refractivity contribution in [2.75, 3.05) is 7.11 Å². The lowest BCUT2D eigenvalue weighted by Gasteiger charge is -2.34. The van der Waals surface area contributed by atoms with Gasteiger partial charge in [-0.05, 0) is 36.8 Å². The van der Waals surface area contributed by atoms with Crippen LogP contribution in [0.25, 0.3) is 0 Å². The molecule has 1 aliphatic rings. The SMILES string of the molecule is CCC1CCC(C(NN)c2ccc(Cl)cc2OC)CC1. The van der Waals surface area contributed by atoms with Crippen LogP contribution in [0.5, 0.6) is 5.75 Å². The fraction of sp³-hybridized carbons (Fsp3) is 0.625. The van der Waals surface area contributed by atoms with Crippen LogP contribution in [0.1, 0.15) is 50.6 Å². The number of hydrazine groups is 1. The maximum absolute atomic E-state index is 6.04. The molecule has 1 atom stereocenters. The number of nitrogens with one attached hydrogen (secondary N) is 1. The van der Waals surface area contributed by atoms with Crippen molar-refractivity contribution in [3.05, 3.63) is 28.8 Å². The monoisotopic (exact) mass is 296 g/mol. The predicted molar refractivity (Wildman–Crippen MR) is 83.8 cm³/mol. The van der Waals surface area contributed by atoms with Gasteiger partial charge in [0.15, 0.2) is 0 Å². The lowest BCUT2D eigenvalue weighted by Crippen LogP contribution is -2.35. The highest BCUT2D eigenvalue weighted by molar-refractivity contribution is 6.30. The Balaban J connectivity index is 2.16. The van der Waals surface area contributed by atoms with Crippen molar-refractivity contribution in [1.29, 1.82) is 0 Å². The molecule has 0 heterocycles. The van der Waals surface area contributed by atoms with Gasteiger partial charge in [0.05, 0.1) is 13.2 Å². The highest BCUT2D eigenvalue weighted by atomic mass is 35.5. The van der Waals surface area contributed by atoms with Crippen LogP contribution in [0.4, 0.5) is 0 Å². The highest BCUT2D eigenvalue weighted by Gasteiger charge is 2.29. The van der Waals surface area contributed by atoms with Crippen molar-refractivity contribution >= 4 is 11.6 Å². The van der Waals surface area contributed by atoms with Crippen molar-refractivity contribution in [3.63, 3.8) is 0 Å². The van der Waals surface area contributed by atoms with Gasteiger partial charge >= 0.3 is 0 Å². The van der Waals surface area contributed by atoms with Crippen LogP contribution in [0, 0.1) is 11.8 Å². The van der Waals surface area contributed by atoms with Crippen molar-refractivity contribution in [2.45, 2.75) is 45.1 Å². The van der Waals surface area contributed by atoms with E-state index in [-0.39, 0.29) is 6.04 Å². The number of nitrogens with two attached hydrogens (primary N) is 1. The van der Waals surface area contributed by atoms with Gasteiger partial charge in [-0.2, -0.15) is 0 Å². The Labute approximate surface area is 126 Å². The molecule has 1 saturated carbocycles. The Morgan fingerprint density at radius 1 is 1.35 bits per heavy atom. The Bertz CT molecular complexity index is 430. The Kier molecular flexibility index (Phi) is 5.70. The van der Waals surface area contributed by atoms with Crippen LogP contribution in [0.2, 0.25) is 5.02 Å². The molecule has 0 bridgehead atoms. The van der Waals surface area contributed by atoms with E-state index in [1.54, 1.807) is 7.11 Å². The van der Waals surface area contributed by atoms with Crippen LogP contribution in [0.3, 0.4) is 0 Å². The molecular weight excluding hydrogens is 272 g/mol. The molecule has 2 rings (SSSR count). The molecule has 1 aromatic rings. The molecule has 0 amide bonds. The fourth-order valence-electron chi connectivity index (χ4n) is 3.35. The van der Waals surface area contributed by atoms with Gasteiger partial charge in [0.1, 0.15) is 5.75 Å². The van der Waals surface area contributed by atoms with Crippen LogP contribution < -0.4 is 16.0 Å². The van der Waals surface area contributed by atoms with Crippen LogP contribution >= 0.6 is 11.6 Å². The van der Waals surface area contributed by atoms with Gasteiger partial charge in [-0.1, -0.05) is 43.9 Å². The molecule has 3 nitrogen and oxygen atoms in total. The van der Waals surface area contributed by atoms with Crippen molar-refractivity contribution < 1.29 is 4.74 Å². The molecule has 3 N–H and O–H groups in total. The standard InChI is InChI=1S/C16H25ClN2O/c1-3-11-4-6-12(7-5-11)16(19-18)14-9-8-13(17)10-15(14)20-2/h8-12,16,19H,3-7,18H2,1-2H3. The van der Waals surface area contributed by atoms with Crippen LogP contribution in [-0.2, 0) is 0 Å². The third-order valence-electron chi connectivity index (χ3n) is 4.65. The molecule has 0 spiro atoms. The smallest absolute Gasteiger partial charge is 0.125 e. The number of hydrogen-bond acceptors (Lipinski definition) is 3. The van der Waals surface area contributed by atoms with Gasteiger partial charge in [-0.15, -0.1) is 0 Å². The number of rotatable bonds is 5. The van der Waals surface area contributed by atoms with E-state index in [0.29, 0.717) is 10.9 Å². The van der Waals surface area contributed by atoms with E-state index in [2.05, 4.69) is 12.3 Å². The number of methoxy groups -OCH3 is 1. The molecule has 4 heteroatoms. The zero-order valence-electron chi connectivity index (χ0n) is 12.4. The van der Waals surface area contributed by atoms with Gasteiger partial charge in [0.25, 0.3) is 0 Å². The zero-order valence-corrected chi connectivity index (χ0v) is 13.1. The predicted octanol–water partition coefficient (Wildman–Crippen LogP) is 4.07. The summed E-state index contributed by atoms with van der Waals surface area (Å²) in [6, 6.07) is 5.93. The molecule has 0 aromatic heterocycles. The lowest BCUT2D eigenvalue weighted by atomic mass is 9.76. The first-order valence-corrected chi connectivity index (χ1v) is 7.87. The number of benzene rings is 1. The first-order valence-electron chi connectivity index (χ1n) is 7.49. The first kappa shape index (κ1) is 15.6. The number of hydrogen-bond donors (Lipinski definition) is 2. The van der Waals surface area contributed by atoms with Crippen molar-refractivity contribution in [3.8, 4) is 5.75 Å². The fourth-order valence-corrected chi connectivity index (χ4v) is 3.51. The Morgan fingerprint density at radius 3 is 2.60 bits per heavy atom. The summed E-state index contributed by atoms with van der Waals surface area (Å²) in [5, 5.41) is 0.691. The van der Waals surface area contributed by atoms with Crippen LogP contribution in [0.15, 0.2) is 18.2 Å². The summed E-state index contributed by atoms with van der Waals surface area (Å²) < 4.78 is 5.46. The third kappa shape index (κ3) is 3.46. The van der Waals surface area contributed by atoms with E-state index in [4.69, 9.17) is 22.2 Å². The van der Waals surface area contributed by atoms with Crippen LogP contribution in [-0.4, -0.2) is 7.11 Å². The molecule has 112 valence electrons.